The molecule has 0 fully saturated rings. The van der Waals surface area contributed by atoms with Gasteiger partial charge in [0.05, 0.1) is 7.11 Å². The van der Waals surface area contributed by atoms with Gasteiger partial charge in [0.25, 0.3) is 0 Å². The van der Waals surface area contributed by atoms with Crippen LogP contribution in [-0.2, 0) is 0 Å². The predicted octanol–water partition coefficient (Wildman–Crippen LogP) is 5.16. The molecule has 112 valence electrons. The maximum absolute atomic E-state index is 13.5. The minimum Gasteiger partial charge on any atom is -0.494 e. The van der Waals surface area contributed by atoms with Gasteiger partial charge >= 0.3 is 0 Å². The highest BCUT2D eigenvalue weighted by atomic mass is 19.1. The summed E-state index contributed by atoms with van der Waals surface area (Å²) in [7, 11) is 1.42. The van der Waals surface area contributed by atoms with Gasteiger partial charge in [-0.15, -0.1) is 0 Å². The van der Waals surface area contributed by atoms with Crippen LogP contribution in [0.1, 0.15) is 68.6 Å². The number of hydrogen-bond donors (Lipinski definition) is 0. The fourth-order valence-corrected chi connectivity index (χ4v) is 2.23. The lowest BCUT2D eigenvalue weighted by molar-refractivity contribution is 0.0978. The summed E-state index contributed by atoms with van der Waals surface area (Å²) in [5.41, 5.74) is 0.439. The van der Waals surface area contributed by atoms with Crippen LogP contribution in [-0.4, -0.2) is 12.9 Å². The van der Waals surface area contributed by atoms with E-state index >= 15 is 0 Å². The number of ketones is 1. The average molecular weight is 280 g/mol. The van der Waals surface area contributed by atoms with E-state index in [4.69, 9.17) is 4.74 Å². The molecule has 0 aliphatic carbocycles. The van der Waals surface area contributed by atoms with E-state index in [1.165, 1.54) is 51.3 Å². The number of hydrogen-bond acceptors (Lipinski definition) is 2. The monoisotopic (exact) mass is 280 g/mol. The van der Waals surface area contributed by atoms with Gasteiger partial charge in [0.1, 0.15) is 0 Å². The first-order valence-corrected chi connectivity index (χ1v) is 7.55. The third kappa shape index (κ3) is 5.72. The van der Waals surface area contributed by atoms with Crippen LogP contribution in [0.15, 0.2) is 18.2 Å². The Morgan fingerprint density at radius 2 is 1.75 bits per heavy atom. The van der Waals surface area contributed by atoms with Crippen LogP contribution in [0.25, 0.3) is 0 Å². The summed E-state index contributed by atoms with van der Waals surface area (Å²) in [5, 5.41) is 0. The van der Waals surface area contributed by atoms with Gasteiger partial charge in [0, 0.05) is 12.0 Å². The van der Waals surface area contributed by atoms with Crippen LogP contribution in [0.2, 0.25) is 0 Å². The number of rotatable bonds is 10. The van der Waals surface area contributed by atoms with Crippen LogP contribution in [0.4, 0.5) is 4.39 Å². The molecule has 0 bridgehead atoms. The van der Waals surface area contributed by atoms with Crippen LogP contribution >= 0.6 is 0 Å². The fraction of sp³-hybridized carbons (Fsp3) is 0.588. The topological polar surface area (TPSA) is 26.3 Å². The summed E-state index contributed by atoms with van der Waals surface area (Å²) in [6.07, 6.45) is 8.73. The molecule has 1 aromatic carbocycles. The quantitative estimate of drug-likeness (QED) is 0.437. The van der Waals surface area contributed by atoms with Crippen LogP contribution < -0.4 is 4.74 Å². The number of carbonyl (C=O) groups excluding carboxylic acids is 1. The summed E-state index contributed by atoms with van der Waals surface area (Å²) in [6.45, 7) is 2.20. The lowest BCUT2D eigenvalue weighted by atomic mass is 10.0. The third-order valence-electron chi connectivity index (χ3n) is 3.48. The summed E-state index contributed by atoms with van der Waals surface area (Å²) < 4.78 is 18.3. The fourth-order valence-electron chi connectivity index (χ4n) is 2.23. The largest absolute Gasteiger partial charge is 0.494 e. The Kier molecular flexibility index (Phi) is 7.93. The van der Waals surface area contributed by atoms with Crippen molar-refractivity contribution in [1.29, 1.82) is 0 Å². The van der Waals surface area contributed by atoms with Crippen molar-refractivity contribution in [3.05, 3.63) is 29.6 Å². The molecule has 0 N–H and O–H groups in total. The molecule has 0 unspecified atom stereocenters. The van der Waals surface area contributed by atoms with Gasteiger partial charge in [-0.1, -0.05) is 45.4 Å². The van der Waals surface area contributed by atoms with Crippen molar-refractivity contribution < 1.29 is 13.9 Å². The third-order valence-corrected chi connectivity index (χ3v) is 3.48. The van der Waals surface area contributed by atoms with E-state index in [1.54, 1.807) is 6.07 Å². The smallest absolute Gasteiger partial charge is 0.165 e. The molecule has 0 heterocycles. The molecule has 0 radical (unpaired) electrons. The molecular formula is C17H25FO2. The molecule has 20 heavy (non-hydrogen) atoms. The van der Waals surface area contributed by atoms with E-state index in [-0.39, 0.29) is 11.5 Å². The Hall–Kier alpha value is -1.38. The van der Waals surface area contributed by atoms with Gasteiger partial charge in [-0.3, -0.25) is 4.79 Å². The van der Waals surface area contributed by atoms with E-state index in [1.807, 2.05) is 0 Å². The lowest BCUT2D eigenvalue weighted by Crippen LogP contribution is -2.00. The van der Waals surface area contributed by atoms with E-state index in [0.29, 0.717) is 12.0 Å². The second-order valence-corrected chi connectivity index (χ2v) is 5.14. The highest BCUT2D eigenvalue weighted by molar-refractivity contribution is 5.96. The van der Waals surface area contributed by atoms with Crippen LogP contribution in [0, 0.1) is 5.82 Å². The number of ether oxygens (including phenoxy) is 1. The lowest BCUT2D eigenvalue weighted by Gasteiger charge is -2.05. The second kappa shape index (κ2) is 9.51. The van der Waals surface area contributed by atoms with Crippen molar-refractivity contribution in [2.45, 2.75) is 58.3 Å². The molecule has 0 aromatic heterocycles. The number of Topliss-reactive ketones (excluding diaryl/α,β-unsaturated/α-hetero) is 1. The van der Waals surface area contributed by atoms with Crippen LogP contribution in [0.5, 0.6) is 5.75 Å². The Labute approximate surface area is 121 Å². The van der Waals surface area contributed by atoms with Crippen molar-refractivity contribution >= 4 is 5.78 Å². The molecule has 0 saturated carbocycles. The number of benzene rings is 1. The van der Waals surface area contributed by atoms with Crippen molar-refractivity contribution in [2.75, 3.05) is 7.11 Å². The van der Waals surface area contributed by atoms with E-state index in [9.17, 15) is 9.18 Å². The Balaban J connectivity index is 2.27. The number of unbranched alkanes of at least 4 members (excludes halogenated alkanes) is 6. The van der Waals surface area contributed by atoms with Crippen molar-refractivity contribution in [2.24, 2.45) is 0 Å². The first-order chi connectivity index (χ1) is 9.69. The summed E-state index contributed by atoms with van der Waals surface area (Å²) in [6, 6.07) is 4.40. The minimum atomic E-state index is -0.474. The molecule has 0 spiro atoms. The first kappa shape index (κ1) is 16.7. The summed E-state index contributed by atoms with van der Waals surface area (Å²) >= 11 is 0. The average Bonchev–Trinajstić information content (AvgIpc) is 2.46. The molecule has 1 aromatic rings. The van der Waals surface area contributed by atoms with E-state index in [0.717, 1.165) is 12.8 Å². The van der Waals surface area contributed by atoms with Crippen molar-refractivity contribution in [3.8, 4) is 5.75 Å². The zero-order valence-electron chi connectivity index (χ0n) is 12.6. The van der Waals surface area contributed by atoms with Gasteiger partial charge in [-0.2, -0.15) is 0 Å². The van der Waals surface area contributed by atoms with Crippen LogP contribution in [0.3, 0.4) is 0 Å². The maximum atomic E-state index is 13.5. The Morgan fingerprint density at radius 3 is 2.35 bits per heavy atom. The Morgan fingerprint density at radius 1 is 1.10 bits per heavy atom. The molecule has 0 saturated heterocycles. The Bertz CT molecular complexity index is 415. The molecule has 0 aliphatic heterocycles. The minimum absolute atomic E-state index is 0.0140. The molecule has 3 heteroatoms. The van der Waals surface area contributed by atoms with E-state index in [2.05, 4.69) is 6.92 Å². The van der Waals surface area contributed by atoms with Gasteiger partial charge < -0.3 is 4.74 Å². The number of carbonyl (C=O) groups is 1. The maximum Gasteiger partial charge on any atom is 0.165 e. The molecule has 2 nitrogen and oxygen atoms in total. The number of halogens is 1. The highest BCUT2D eigenvalue weighted by Gasteiger charge is 2.09. The van der Waals surface area contributed by atoms with Crippen molar-refractivity contribution in [3.63, 3.8) is 0 Å². The zero-order valence-corrected chi connectivity index (χ0v) is 12.6. The van der Waals surface area contributed by atoms with Gasteiger partial charge in [-0.25, -0.2) is 4.39 Å². The number of methoxy groups -OCH3 is 1. The predicted molar refractivity (Wildman–Crippen MR) is 79.9 cm³/mol. The molecule has 1 rings (SSSR count). The van der Waals surface area contributed by atoms with E-state index < -0.39 is 5.82 Å². The van der Waals surface area contributed by atoms with Crippen molar-refractivity contribution in [1.82, 2.24) is 0 Å². The zero-order chi connectivity index (χ0) is 14.8. The second-order valence-electron chi connectivity index (χ2n) is 5.14. The molecule has 0 atom stereocenters. The highest BCUT2D eigenvalue weighted by Crippen LogP contribution is 2.19. The standard InChI is InChI=1S/C17H25FO2/c1-3-4-5-6-7-8-9-10-16(19)14-11-12-17(20-2)15(18)13-14/h11-13H,3-10H2,1-2H3. The normalized spacial score (nSPS) is 10.6. The molecular weight excluding hydrogens is 255 g/mol. The molecule has 0 amide bonds. The SMILES string of the molecule is CCCCCCCCCC(=O)c1ccc(OC)c(F)c1. The van der Waals surface area contributed by atoms with Gasteiger partial charge in [0.15, 0.2) is 17.3 Å². The summed E-state index contributed by atoms with van der Waals surface area (Å²) in [5.74, 6) is -0.282. The van der Waals surface area contributed by atoms with Gasteiger partial charge in [0.2, 0.25) is 0 Å². The first-order valence-electron chi connectivity index (χ1n) is 7.55. The van der Waals surface area contributed by atoms with Gasteiger partial charge in [-0.05, 0) is 24.6 Å². The summed E-state index contributed by atoms with van der Waals surface area (Å²) in [4.78, 5) is 11.9. The molecule has 0 aliphatic rings.